The molecule has 1 rings (SSSR count). The largest absolute Gasteiger partial charge is 0.393 e. The van der Waals surface area contributed by atoms with Crippen molar-refractivity contribution in [3.8, 4) is 0 Å². The van der Waals surface area contributed by atoms with Crippen LogP contribution >= 0.6 is 0 Å². The Morgan fingerprint density at radius 2 is 2.29 bits per heavy atom. The number of aliphatic hydroxyl groups is 1. The van der Waals surface area contributed by atoms with Crippen molar-refractivity contribution in [3.63, 3.8) is 0 Å². The van der Waals surface area contributed by atoms with Crippen LogP contribution in [-0.4, -0.2) is 29.8 Å². The van der Waals surface area contributed by atoms with Gasteiger partial charge in [-0.05, 0) is 31.6 Å². The maximum absolute atomic E-state index is 11.5. The van der Waals surface area contributed by atoms with Crippen LogP contribution in [0.2, 0.25) is 0 Å². The third kappa shape index (κ3) is 5.73. The van der Waals surface area contributed by atoms with Crippen LogP contribution in [0.15, 0.2) is 12.2 Å². The van der Waals surface area contributed by atoms with Crippen LogP contribution < -0.4 is 10.6 Å². The summed E-state index contributed by atoms with van der Waals surface area (Å²) in [7, 11) is 0. The molecule has 0 fully saturated rings. The molecular formula is C13H24N2O2. The molecule has 0 aromatic rings. The van der Waals surface area contributed by atoms with Crippen molar-refractivity contribution in [1.29, 1.82) is 0 Å². The fourth-order valence-corrected chi connectivity index (χ4v) is 1.82. The fourth-order valence-electron chi connectivity index (χ4n) is 1.82. The van der Waals surface area contributed by atoms with Crippen molar-refractivity contribution in [2.24, 2.45) is 5.92 Å². The minimum Gasteiger partial charge on any atom is -0.393 e. The van der Waals surface area contributed by atoms with Crippen molar-refractivity contribution in [2.45, 2.75) is 51.7 Å². The van der Waals surface area contributed by atoms with Gasteiger partial charge in [0.1, 0.15) is 0 Å². The van der Waals surface area contributed by atoms with Gasteiger partial charge in [-0.15, -0.1) is 0 Å². The number of urea groups is 1. The van der Waals surface area contributed by atoms with E-state index in [1.807, 2.05) is 19.9 Å². The van der Waals surface area contributed by atoms with Crippen LogP contribution in [0.3, 0.4) is 0 Å². The van der Waals surface area contributed by atoms with E-state index in [2.05, 4.69) is 16.7 Å². The number of amides is 2. The highest BCUT2D eigenvalue weighted by molar-refractivity contribution is 5.74. The molecule has 1 aliphatic carbocycles. The van der Waals surface area contributed by atoms with Crippen molar-refractivity contribution < 1.29 is 9.90 Å². The van der Waals surface area contributed by atoms with E-state index in [0.29, 0.717) is 13.0 Å². The van der Waals surface area contributed by atoms with Crippen LogP contribution in [-0.2, 0) is 0 Å². The van der Waals surface area contributed by atoms with Crippen LogP contribution in [0.4, 0.5) is 4.79 Å². The SMILES string of the molecule is CC(C)C(O)CCNC(=O)NC1C=CCCC1. The van der Waals surface area contributed by atoms with Gasteiger partial charge in [-0.25, -0.2) is 4.79 Å². The smallest absolute Gasteiger partial charge is 0.315 e. The predicted octanol–water partition coefficient (Wildman–Crippen LogP) is 1.80. The molecule has 0 aromatic carbocycles. The Balaban J connectivity index is 2.12. The minimum absolute atomic E-state index is 0.141. The summed E-state index contributed by atoms with van der Waals surface area (Å²) in [6, 6.07) is 0.0243. The summed E-state index contributed by atoms with van der Waals surface area (Å²) < 4.78 is 0. The molecule has 0 spiro atoms. The predicted molar refractivity (Wildman–Crippen MR) is 68.8 cm³/mol. The molecule has 0 radical (unpaired) electrons. The van der Waals surface area contributed by atoms with Gasteiger partial charge in [0.05, 0.1) is 6.10 Å². The zero-order valence-electron chi connectivity index (χ0n) is 10.8. The van der Waals surface area contributed by atoms with Gasteiger partial charge in [0.25, 0.3) is 0 Å². The first-order chi connectivity index (χ1) is 8.09. The average molecular weight is 240 g/mol. The lowest BCUT2D eigenvalue weighted by Crippen LogP contribution is -2.42. The number of allylic oxidation sites excluding steroid dienone is 1. The Bertz CT molecular complexity index is 264. The lowest BCUT2D eigenvalue weighted by atomic mass is 10.0. The Kier molecular flexibility index (Phi) is 6.05. The first kappa shape index (κ1) is 14.0. The number of aliphatic hydroxyl groups excluding tert-OH is 1. The molecule has 2 atom stereocenters. The highest BCUT2D eigenvalue weighted by atomic mass is 16.3. The summed E-state index contributed by atoms with van der Waals surface area (Å²) in [5, 5.41) is 15.3. The zero-order valence-corrected chi connectivity index (χ0v) is 10.8. The Morgan fingerprint density at radius 3 is 2.88 bits per heavy atom. The van der Waals surface area contributed by atoms with E-state index in [1.165, 1.54) is 0 Å². The number of carbonyl (C=O) groups is 1. The topological polar surface area (TPSA) is 61.4 Å². The van der Waals surface area contributed by atoms with E-state index >= 15 is 0 Å². The molecule has 98 valence electrons. The molecule has 2 unspecified atom stereocenters. The van der Waals surface area contributed by atoms with Gasteiger partial charge in [0.2, 0.25) is 0 Å². The second kappa shape index (κ2) is 7.33. The molecular weight excluding hydrogens is 216 g/mol. The van der Waals surface area contributed by atoms with Crippen LogP contribution in [0, 0.1) is 5.92 Å². The zero-order chi connectivity index (χ0) is 12.7. The standard InChI is InChI=1S/C13H24N2O2/c1-10(2)12(16)8-9-14-13(17)15-11-6-4-3-5-7-11/h4,6,10-12,16H,3,5,7-9H2,1-2H3,(H2,14,15,17). The Morgan fingerprint density at radius 1 is 1.53 bits per heavy atom. The highest BCUT2D eigenvalue weighted by Crippen LogP contribution is 2.09. The fraction of sp³-hybridized carbons (Fsp3) is 0.769. The summed E-state index contributed by atoms with van der Waals surface area (Å²) >= 11 is 0. The summed E-state index contributed by atoms with van der Waals surface area (Å²) in [5.74, 6) is 0.237. The molecule has 0 aliphatic heterocycles. The molecule has 4 heteroatoms. The average Bonchev–Trinajstić information content (AvgIpc) is 2.30. The number of hydrogen-bond donors (Lipinski definition) is 3. The number of rotatable bonds is 5. The van der Waals surface area contributed by atoms with Gasteiger partial charge in [-0.2, -0.15) is 0 Å². The normalized spacial score (nSPS) is 21.3. The molecule has 17 heavy (non-hydrogen) atoms. The third-order valence-corrected chi connectivity index (χ3v) is 3.07. The maximum atomic E-state index is 11.5. The van der Waals surface area contributed by atoms with E-state index in [-0.39, 0.29) is 24.1 Å². The van der Waals surface area contributed by atoms with Crippen LogP contribution in [0.25, 0.3) is 0 Å². The van der Waals surface area contributed by atoms with Crippen molar-refractivity contribution in [3.05, 3.63) is 12.2 Å². The van der Waals surface area contributed by atoms with E-state index < -0.39 is 0 Å². The molecule has 0 aromatic heterocycles. The Labute approximate surface area is 103 Å². The first-order valence-electron chi connectivity index (χ1n) is 6.48. The third-order valence-electron chi connectivity index (χ3n) is 3.07. The second-order valence-electron chi connectivity index (χ2n) is 4.97. The second-order valence-corrected chi connectivity index (χ2v) is 4.97. The molecule has 1 aliphatic rings. The van der Waals surface area contributed by atoms with Gasteiger partial charge in [0, 0.05) is 12.6 Å². The monoisotopic (exact) mass is 240 g/mol. The number of carbonyl (C=O) groups excluding carboxylic acids is 1. The van der Waals surface area contributed by atoms with Crippen LogP contribution in [0.5, 0.6) is 0 Å². The van der Waals surface area contributed by atoms with Crippen LogP contribution in [0.1, 0.15) is 39.5 Å². The van der Waals surface area contributed by atoms with Gasteiger partial charge < -0.3 is 15.7 Å². The number of hydrogen-bond acceptors (Lipinski definition) is 2. The lowest BCUT2D eigenvalue weighted by Gasteiger charge is -2.19. The van der Waals surface area contributed by atoms with E-state index in [4.69, 9.17) is 0 Å². The maximum Gasteiger partial charge on any atom is 0.315 e. The van der Waals surface area contributed by atoms with Gasteiger partial charge in [-0.1, -0.05) is 26.0 Å². The van der Waals surface area contributed by atoms with Crippen molar-refractivity contribution in [1.82, 2.24) is 10.6 Å². The quantitative estimate of drug-likeness (QED) is 0.642. The molecule has 4 nitrogen and oxygen atoms in total. The van der Waals surface area contributed by atoms with E-state index in [1.54, 1.807) is 0 Å². The molecule has 0 saturated carbocycles. The van der Waals surface area contributed by atoms with E-state index in [0.717, 1.165) is 19.3 Å². The molecule has 0 heterocycles. The summed E-state index contributed by atoms with van der Waals surface area (Å²) in [6.45, 7) is 4.46. The first-order valence-corrected chi connectivity index (χ1v) is 6.48. The molecule has 0 saturated heterocycles. The summed E-state index contributed by atoms with van der Waals surface area (Å²) in [5.41, 5.74) is 0. The number of nitrogens with one attached hydrogen (secondary N) is 2. The summed E-state index contributed by atoms with van der Waals surface area (Å²) in [6.07, 6.45) is 7.67. The Hall–Kier alpha value is -1.03. The van der Waals surface area contributed by atoms with Crippen molar-refractivity contribution >= 4 is 6.03 Å². The van der Waals surface area contributed by atoms with E-state index in [9.17, 15) is 9.90 Å². The minimum atomic E-state index is -0.343. The molecule has 2 amide bonds. The van der Waals surface area contributed by atoms with Gasteiger partial charge in [-0.3, -0.25) is 0 Å². The van der Waals surface area contributed by atoms with Gasteiger partial charge >= 0.3 is 6.03 Å². The lowest BCUT2D eigenvalue weighted by molar-refractivity contribution is 0.116. The highest BCUT2D eigenvalue weighted by Gasteiger charge is 2.12. The summed E-state index contributed by atoms with van der Waals surface area (Å²) in [4.78, 5) is 11.5. The molecule has 3 N–H and O–H groups in total. The molecule has 0 bridgehead atoms. The van der Waals surface area contributed by atoms with Gasteiger partial charge in [0.15, 0.2) is 0 Å². The van der Waals surface area contributed by atoms with Crippen molar-refractivity contribution in [2.75, 3.05) is 6.54 Å².